The monoisotopic (exact) mass is 276 g/mol. The van der Waals surface area contributed by atoms with Crippen molar-refractivity contribution in [2.75, 3.05) is 0 Å². The van der Waals surface area contributed by atoms with Crippen LogP contribution in [0.5, 0.6) is 0 Å². The first-order chi connectivity index (χ1) is 9.06. The molecule has 2 heterocycles. The van der Waals surface area contributed by atoms with Gasteiger partial charge >= 0.3 is 0 Å². The van der Waals surface area contributed by atoms with Crippen molar-refractivity contribution < 1.29 is 13.6 Å². The number of thioether (sulfide) groups is 1. The number of hydrogen-bond donors (Lipinski definition) is 0. The summed E-state index contributed by atoms with van der Waals surface area (Å²) in [6, 6.07) is 4.66. The van der Waals surface area contributed by atoms with E-state index < -0.39 is 5.82 Å². The van der Waals surface area contributed by atoms with Crippen molar-refractivity contribution in [1.29, 1.82) is 0 Å². The fraction of sp³-hybridized carbons (Fsp3) is 0.154. The predicted octanol–water partition coefficient (Wildman–Crippen LogP) is 3.46. The molecular formula is C13H9FN2O2S. The Balaban J connectivity index is 2.37. The van der Waals surface area contributed by atoms with Gasteiger partial charge in [0.25, 0.3) is 5.22 Å². The van der Waals surface area contributed by atoms with Crippen LogP contribution in [0.1, 0.15) is 12.6 Å². The number of aromatic nitrogens is 2. The van der Waals surface area contributed by atoms with E-state index in [0.717, 1.165) is 11.8 Å². The van der Waals surface area contributed by atoms with E-state index in [1.165, 1.54) is 13.0 Å². The molecule has 0 aliphatic heterocycles. The van der Waals surface area contributed by atoms with Gasteiger partial charge in [-0.15, -0.1) is 0 Å². The Kier molecular flexibility index (Phi) is 2.74. The topological polar surface area (TPSA) is 56.0 Å². The summed E-state index contributed by atoms with van der Waals surface area (Å²) in [6.45, 7) is 3.17. The SMILES string of the molecule is CC(=O)Sc1nc2c(C)nc3c(F)cccc3c2o1. The number of halogens is 1. The first-order valence-electron chi connectivity index (χ1n) is 5.60. The zero-order chi connectivity index (χ0) is 13.6. The minimum absolute atomic E-state index is 0.118. The Morgan fingerprint density at radius 3 is 2.84 bits per heavy atom. The molecule has 96 valence electrons. The van der Waals surface area contributed by atoms with Gasteiger partial charge in [-0.2, -0.15) is 0 Å². The average molecular weight is 276 g/mol. The van der Waals surface area contributed by atoms with Crippen LogP contribution in [0.3, 0.4) is 0 Å². The number of pyridine rings is 1. The van der Waals surface area contributed by atoms with E-state index in [1.54, 1.807) is 19.1 Å². The number of nitrogens with zero attached hydrogens (tertiary/aromatic N) is 2. The number of hydrogen-bond acceptors (Lipinski definition) is 5. The molecule has 0 saturated heterocycles. The highest BCUT2D eigenvalue weighted by atomic mass is 32.2. The summed E-state index contributed by atoms with van der Waals surface area (Å²) in [5.41, 5.74) is 1.85. The molecule has 0 aliphatic rings. The molecule has 4 nitrogen and oxygen atoms in total. The second-order valence-corrected chi connectivity index (χ2v) is 5.21. The van der Waals surface area contributed by atoms with Crippen LogP contribution in [0.4, 0.5) is 4.39 Å². The van der Waals surface area contributed by atoms with E-state index >= 15 is 0 Å². The molecule has 0 saturated carbocycles. The van der Waals surface area contributed by atoms with E-state index in [4.69, 9.17) is 4.42 Å². The summed E-state index contributed by atoms with van der Waals surface area (Å²) in [7, 11) is 0. The number of oxazole rings is 1. The number of rotatable bonds is 1. The lowest BCUT2D eigenvalue weighted by Gasteiger charge is -2.00. The van der Waals surface area contributed by atoms with Crippen LogP contribution in [-0.2, 0) is 4.79 Å². The summed E-state index contributed by atoms with van der Waals surface area (Å²) in [6.07, 6.45) is 0. The largest absolute Gasteiger partial charge is 0.430 e. The number of para-hydroxylation sites is 1. The molecule has 0 spiro atoms. The van der Waals surface area contributed by atoms with Crippen LogP contribution in [0.2, 0.25) is 0 Å². The summed E-state index contributed by atoms with van der Waals surface area (Å²) < 4.78 is 19.3. The summed E-state index contributed by atoms with van der Waals surface area (Å²) in [4.78, 5) is 19.5. The first kappa shape index (κ1) is 12.1. The molecular weight excluding hydrogens is 267 g/mol. The van der Waals surface area contributed by atoms with E-state index in [1.807, 2.05) is 0 Å². The van der Waals surface area contributed by atoms with E-state index in [2.05, 4.69) is 9.97 Å². The molecule has 0 N–H and O–H groups in total. The molecule has 0 fully saturated rings. The maximum absolute atomic E-state index is 13.7. The molecule has 19 heavy (non-hydrogen) atoms. The summed E-state index contributed by atoms with van der Waals surface area (Å²) >= 11 is 0.907. The maximum atomic E-state index is 13.7. The number of carbonyl (C=O) groups excluding carboxylic acids is 1. The molecule has 1 aromatic carbocycles. The van der Waals surface area contributed by atoms with Gasteiger partial charge in [0.15, 0.2) is 10.7 Å². The minimum atomic E-state index is -0.403. The van der Waals surface area contributed by atoms with Crippen LogP contribution >= 0.6 is 11.8 Å². The highest BCUT2D eigenvalue weighted by Crippen LogP contribution is 2.31. The van der Waals surface area contributed by atoms with Gasteiger partial charge in [0.2, 0.25) is 0 Å². The molecule has 6 heteroatoms. The average Bonchev–Trinajstić information content (AvgIpc) is 2.74. The Morgan fingerprint density at radius 1 is 1.32 bits per heavy atom. The predicted molar refractivity (Wildman–Crippen MR) is 70.5 cm³/mol. The molecule has 0 unspecified atom stereocenters. The molecule has 3 rings (SSSR count). The number of benzene rings is 1. The second-order valence-electron chi connectivity index (χ2n) is 4.08. The van der Waals surface area contributed by atoms with Crippen molar-refractivity contribution >= 4 is 38.9 Å². The number of carbonyl (C=O) groups is 1. The number of aryl methyl sites for hydroxylation is 1. The van der Waals surface area contributed by atoms with Crippen molar-refractivity contribution in [3.05, 3.63) is 29.7 Å². The molecule has 0 bridgehead atoms. The quantitative estimate of drug-likeness (QED) is 0.637. The van der Waals surface area contributed by atoms with Gasteiger partial charge < -0.3 is 4.42 Å². The van der Waals surface area contributed by atoms with Crippen molar-refractivity contribution in [3.8, 4) is 0 Å². The lowest BCUT2D eigenvalue weighted by Crippen LogP contribution is -1.89. The summed E-state index contributed by atoms with van der Waals surface area (Å²) in [5, 5.41) is 0.695. The van der Waals surface area contributed by atoms with Gasteiger partial charge in [-0.25, -0.2) is 14.4 Å². The Bertz CT molecular complexity index is 813. The second kappa shape index (κ2) is 4.31. The van der Waals surface area contributed by atoms with Crippen molar-refractivity contribution in [1.82, 2.24) is 9.97 Å². The molecule has 0 amide bonds. The van der Waals surface area contributed by atoms with Crippen LogP contribution in [0.15, 0.2) is 27.8 Å². The molecule has 3 aromatic rings. The van der Waals surface area contributed by atoms with E-state index in [0.29, 0.717) is 22.2 Å². The van der Waals surface area contributed by atoms with E-state index in [-0.39, 0.29) is 15.9 Å². The fourth-order valence-electron chi connectivity index (χ4n) is 1.93. The third-order valence-electron chi connectivity index (χ3n) is 2.69. The van der Waals surface area contributed by atoms with Crippen molar-refractivity contribution in [2.24, 2.45) is 0 Å². The molecule has 0 aliphatic carbocycles. The molecule has 0 radical (unpaired) electrons. The van der Waals surface area contributed by atoms with Crippen molar-refractivity contribution in [3.63, 3.8) is 0 Å². The normalized spacial score (nSPS) is 11.3. The highest BCUT2D eigenvalue weighted by Gasteiger charge is 2.16. The zero-order valence-corrected chi connectivity index (χ0v) is 11.0. The zero-order valence-electron chi connectivity index (χ0n) is 10.2. The van der Waals surface area contributed by atoms with Crippen LogP contribution in [0.25, 0.3) is 22.0 Å². The third-order valence-corrected chi connectivity index (χ3v) is 3.33. The van der Waals surface area contributed by atoms with Crippen LogP contribution in [-0.4, -0.2) is 15.1 Å². The smallest absolute Gasteiger partial charge is 0.264 e. The Hall–Kier alpha value is -1.95. The van der Waals surface area contributed by atoms with Gasteiger partial charge in [-0.1, -0.05) is 6.07 Å². The highest BCUT2D eigenvalue weighted by molar-refractivity contribution is 8.13. The van der Waals surface area contributed by atoms with Gasteiger partial charge in [-0.05, 0) is 19.1 Å². The van der Waals surface area contributed by atoms with Gasteiger partial charge in [0, 0.05) is 24.1 Å². The van der Waals surface area contributed by atoms with Gasteiger partial charge in [0.05, 0.1) is 5.69 Å². The lowest BCUT2D eigenvalue weighted by molar-refractivity contribution is -0.109. The van der Waals surface area contributed by atoms with Crippen molar-refractivity contribution in [2.45, 2.75) is 19.1 Å². The standard InChI is InChI=1S/C13H9FN2O2S/c1-6-10-12(18-13(16-10)19-7(2)17)8-4-3-5-9(14)11(8)15-6/h3-5H,1-2H3. The minimum Gasteiger partial charge on any atom is -0.430 e. The molecule has 2 aromatic heterocycles. The number of fused-ring (bicyclic) bond motifs is 3. The van der Waals surface area contributed by atoms with Crippen LogP contribution < -0.4 is 0 Å². The lowest BCUT2D eigenvalue weighted by atomic mass is 10.1. The third kappa shape index (κ3) is 1.98. The fourth-order valence-corrected chi connectivity index (χ4v) is 2.44. The van der Waals surface area contributed by atoms with Crippen LogP contribution in [0, 0.1) is 12.7 Å². The first-order valence-corrected chi connectivity index (χ1v) is 6.41. The van der Waals surface area contributed by atoms with Gasteiger partial charge in [0.1, 0.15) is 16.9 Å². The van der Waals surface area contributed by atoms with E-state index in [9.17, 15) is 9.18 Å². The van der Waals surface area contributed by atoms with Gasteiger partial charge in [-0.3, -0.25) is 4.79 Å². The maximum Gasteiger partial charge on any atom is 0.264 e. The Morgan fingerprint density at radius 2 is 2.11 bits per heavy atom. The Labute approximate surface area is 112 Å². The summed E-state index contributed by atoms with van der Waals surface area (Å²) in [5.74, 6) is -0.403. The molecule has 0 atom stereocenters.